The molecule has 3 nitrogen and oxygen atoms in total. The summed E-state index contributed by atoms with van der Waals surface area (Å²) in [5.41, 5.74) is 6.91. The number of hydrogen-bond acceptors (Lipinski definition) is 3. The van der Waals surface area contributed by atoms with Crippen molar-refractivity contribution in [2.75, 3.05) is 16.8 Å². The number of carbonyl (C=O) groups excluding carboxylic acids is 1. The third kappa shape index (κ3) is 4.25. The first-order chi connectivity index (χ1) is 9.54. The van der Waals surface area contributed by atoms with Crippen molar-refractivity contribution in [1.29, 1.82) is 0 Å². The molecule has 0 spiro atoms. The average Bonchev–Trinajstić information content (AvgIpc) is 2.37. The van der Waals surface area contributed by atoms with Crippen molar-refractivity contribution in [2.45, 2.75) is 4.90 Å². The van der Waals surface area contributed by atoms with Crippen LogP contribution >= 0.6 is 27.7 Å². The van der Waals surface area contributed by atoms with E-state index in [0.29, 0.717) is 11.4 Å². The van der Waals surface area contributed by atoms with Gasteiger partial charge >= 0.3 is 0 Å². The third-order valence-electron chi connectivity index (χ3n) is 2.44. The van der Waals surface area contributed by atoms with Crippen LogP contribution in [-0.4, -0.2) is 11.7 Å². The molecule has 0 aliphatic carbocycles. The number of anilines is 2. The number of amides is 1. The normalized spacial score (nSPS) is 10.3. The Hall–Kier alpha value is -1.53. The Morgan fingerprint density at radius 1 is 1.30 bits per heavy atom. The second-order valence-corrected chi connectivity index (χ2v) is 5.96. The zero-order chi connectivity index (χ0) is 14.5. The lowest BCUT2D eigenvalue weighted by Crippen LogP contribution is -2.14. The number of thioether (sulfide) groups is 1. The van der Waals surface area contributed by atoms with Crippen LogP contribution in [0.25, 0.3) is 0 Å². The van der Waals surface area contributed by atoms with Crippen molar-refractivity contribution in [3.8, 4) is 0 Å². The summed E-state index contributed by atoms with van der Waals surface area (Å²) >= 11 is 4.66. The Bertz CT molecular complexity index is 636. The van der Waals surface area contributed by atoms with E-state index in [1.807, 2.05) is 12.1 Å². The predicted octanol–water partition coefficient (Wildman–Crippen LogP) is 3.90. The number of rotatable bonds is 4. The molecule has 2 aromatic rings. The Morgan fingerprint density at radius 3 is 2.80 bits per heavy atom. The molecule has 6 heteroatoms. The molecule has 0 atom stereocenters. The molecule has 2 rings (SSSR count). The topological polar surface area (TPSA) is 55.1 Å². The highest BCUT2D eigenvalue weighted by atomic mass is 79.9. The Labute approximate surface area is 128 Å². The molecule has 0 aliphatic heterocycles. The molecule has 0 saturated heterocycles. The Kier molecular flexibility index (Phi) is 5.03. The van der Waals surface area contributed by atoms with Gasteiger partial charge in [-0.2, -0.15) is 0 Å². The van der Waals surface area contributed by atoms with Crippen molar-refractivity contribution < 1.29 is 9.18 Å². The van der Waals surface area contributed by atoms with Crippen LogP contribution in [0.1, 0.15) is 0 Å². The largest absolute Gasteiger partial charge is 0.398 e. The van der Waals surface area contributed by atoms with Gasteiger partial charge in [0.25, 0.3) is 0 Å². The molecule has 0 heterocycles. The molecule has 0 radical (unpaired) electrons. The summed E-state index contributed by atoms with van der Waals surface area (Å²) in [4.78, 5) is 12.6. The number of nitrogens with one attached hydrogen (secondary N) is 1. The highest BCUT2D eigenvalue weighted by Crippen LogP contribution is 2.27. The summed E-state index contributed by atoms with van der Waals surface area (Å²) in [7, 11) is 0. The summed E-state index contributed by atoms with van der Waals surface area (Å²) < 4.78 is 13.9. The van der Waals surface area contributed by atoms with Gasteiger partial charge in [-0.05, 0) is 36.4 Å². The van der Waals surface area contributed by atoms with Gasteiger partial charge in [-0.25, -0.2) is 4.39 Å². The van der Waals surface area contributed by atoms with Crippen LogP contribution in [0.15, 0.2) is 51.8 Å². The van der Waals surface area contributed by atoms with E-state index in [9.17, 15) is 9.18 Å². The molecule has 1 amide bonds. The van der Waals surface area contributed by atoms with Gasteiger partial charge in [0.2, 0.25) is 5.91 Å². The summed E-state index contributed by atoms with van der Waals surface area (Å²) in [6, 6.07) is 11.3. The summed E-state index contributed by atoms with van der Waals surface area (Å²) in [6.07, 6.45) is 0. The number of carbonyl (C=O) groups is 1. The average molecular weight is 355 g/mol. The highest BCUT2D eigenvalue weighted by Gasteiger charge is 2.06. The maximum atomic E-state index is 13.0. The van der Waals surface area contributed by atoms with E-state index in [2.05, 4.69) is 21.2 Å². The smallest absolute Gasteiger partial charge is 0.234 e. The van der Waals surface area contributed by atoms with Crippen LogP contribution in [0, 0.1) is 5.82 Å². The van der Waals surface area contributed by atoms with E-state index in [1.165, 1.54) is 23.9 Å². The van der Waals surface area contributed by atoms with E-state index in [4.69, 9.17) is 5.73 Å². The van der Waals surface area contributed by atoms with E-state index in [-0.39, 0.29) is 17.5 Å². The van der Waals surface area contributed by atoms with Crippen LogP contribution in [0.5, 0.6) is 0 Å². The fraction of sp³-hybridized carbons (Fsp3) is 0.0714. The molecular formula is C14H12BrFN2OS. The zero-order valence-corrected chi connectivity index (χ0v) is 12.8. The number of halogens is 2. The van der Waals surface area contributed by atoms with Crippen LogP contribution in [0.4, 0.5) is 15.8 Å². The van der Waals surface area contributed by atoms with Gasteiger partial charge < -0.3 is 11.1 Å². The SMILES string of the molecule is Nc1cc(Br)ccc1SCC(=O)Nc1cccc(F)c1. The minimum Gasteiger partial charge on any atom is -0.398 e. The second-order valence-electron chi connectivity index (χ2n) is 4.03. The second kappa shape index (κ2) is 6.76. The first kappa shape index (κ1) is 14.9. The van der Waals surface area contributed by atoms with Crippen molar-refractivity contribution in [3.63, 3.8) is 0 Å². The molecule has 0 aromatic heterocycles. The lowest BCUT2D eigenvalue weighted by atomic mass is 10.3. The molecule has 0 aliphatic rings. The van der Waals surface area contributed by atoms with Crippen molar-refractivity contribution in [3.05, 3.63) is 52.8 Å². The Balaban J connectivity index is 1.92. The number of benzene rings is 2. The maximum absolute atomic E-state index is 13.0. The van der Waals surface area contributed by atoms with E-state index in [1.54, 1.807) is 18.2 Å². The van der Waals surface area contributed by atoms with Gasteiger partial charge in [-0.1, -0.05) is 22.0 Å². The van der Waals surface area contributed by atoms with Gasteiger partial charge in [0, 0.05) is 20.7 Å². The lowest BCUT2D eigenvalue weighted by molar-refractivity contribution is -0.113. The molecule has 2 aromatic carbocycles. The maximum Gasteiger partial charge on any atom is 0.234 e. The van der Waals surface area contributed by atoms with Crippen LogP contribution < -0.4 is 11.1 Å². The van der Waals surface area contributed by atoms with E-state index < -0.39 is 0 Å². The quantitative estimate of drug-likeness (QED) is 0.646. The van der Waals surface area contributed by atoms with Crippen LogP contribution in [-0.2, 0) is 4.79 Å². The zero-order valence-electron chi connectivity index (χ0n) is 10.4. The summed E-state index contributed by atoms with van der Waals surface area (Å²) in [5, 5.41) is 2.63. The fourth-order valence-corrected chi connectivity index (χ4v) is 2.68. The minimum absolute atomic E-state index is 0.206. The first-order valence-electron chi connectivity index (χ1n) is 5.78. The number of nitrogens with two attached hydrogens (primary N) is 1. The third-order valence-corrected chi connectivity index (χ3v) is 4.02. The number of nitrogen functional groups attached to an aromatic ring is 1. The van der Waals surface area contributed by atoms with Gasteiger partial charge in [-0.3, -0.25) is 4.79 Å². The van der Waals surface area contributed by atoms with Crippen molar-refractivity contribution in [2.24, 2.45) is 0 Å². The molecule has 0 saturated carbocycles. The highest BCUT2D eigenvalue weighted by molar-refractivity contribution is 9.10. The molecule has 3 N–H and O–H groups in total. The van der Waals surface area contributed by atoms with Crippen LogP contribution in [0.3, 0.4) is 0 Å². The number of hydrogen-bond donors (Lipinski definition) is 2. The minimum atomic E-state index is -0.382. The monoisotopic (exact) mass is 354 g/mol. The van der Waals surface area contributed by atoms with E-state index in [0.717, 1.165) is 9.37 Å². The van der Waals surface area contributed by atoms with Crippen LogP contribution in [0.2, 0.25) is 0 Å². The van der Waals surface area contributed by atoms with Crippen molar-refractivity contribution in [1.82, 2.24) is 0 Å². The lowest BCUT2D eigenvalue weighted by Gasteiger charge is -2.07. The van der Waals surface area contributed by atoms with Gasteiger partial charge in [0.1, 0.15) is 5.82 Å². The Morgan fingerprint density at radius 2 is 2.10 bits per heavy atom. The molecule has 0 fully saturated rings. The van der Waals surface area contributed by atoms with Crippen molar-refractivity contribution >= 4 is 45.0 Å². The molecule has 0 unspecified atom stereocenters. The molecular weight excluding hydrogens is 343 g/mol. The summed E-state index contributed by atoms with van der Waals surface area (Å²) in [6.45, 7) is 0. The van der Waals surface area contributed by atoms with Gasteiger partial charge in [0.15, 0.2) is 0 Å². The fourth-order valence-electron chi connectivity index (χ4n) is 1.56. The van der Waals surface area contributed by atoms with E-state index >= 15 is 0 Å². The summed E-state index contributed by atoms with van der Waals surface area (Å²) in [5.74, 6) is -0.377. The standard InChI is InChI=1S/C14H12BrFN2OS/c15-9-4-5-13(12(17)6-9)20-8-14(19)18-11-3-1-2-10(16)7-11/h1-7H,8,17H2,(H,18,19). The molecule has 104 valence electrons. The predicted molar refractivity (Wildman–Crippen MR) is 84.3 cm³/mol. The van der Waals surface area contributed by atoms with Gasteiger partial charge in [0.05, 0.1) is 5.75 Å². The molecule has 20 heavy (non-hydrogen) atoms. The molecule has 0 bridgehead atoms. The first-order valence-corrected chi connectivity index (χ1v) is 7.56. The van der Waals surface area contributed by atoms with Gasteiger partial charge in [-0.15, -0.1) is 11.8 Å².